The fourth-order valence-electron chi connectivity index (χ4n) is 1.39. The lowest BCUT2D eigenvalue weighted by Gasteiger charge is -1.97. The fraction of sp³-hybridized carbons (Fsp3) is 0.750. The topological polar surface area (TPSA) is 35.5 Å². The van der Waals surface area contributed by atoms with Crippen LogP contribution in [0, 0.1) is 5.92 Å². The van der Waals surface area contributed by atoms with E-state index in [1.807, 2.05) is 13.0 Å². The summed E-state index contributed by atoms with van der Waals surface area (Å²) in [5.41, 5.74) is 0. The number of unbranched alkanes of at least 4 members (excludes halogenated alkanes) is 1. The quantitative estimate of drug-likeness (QED) is 0.480. The zero-order valence-electron chi connectivity index (χ0n) is 9.57. The summed E-state index contributed by atoms with van der Waals surface area (Å²) in [5.74, 6) is 0.311. The van der Waals surface area contributed by atoms with Gasteiger partial charge in [-0.2, -0.15) is 0 Å². The molecule has 0 bridgehead atoms. The van der Waals surface area contributed by atoms with Gasteiger partial charge in [0.05, 0.1) is 12.4 Å². The lowest BCUT2D eigenvalue weighted by Crippen LogP contribution is -1.99. The first-order chi connectivity index (χ1) is 7.27. The summed E-state index contributed by atoms with van der Waals surface area (Å²) in [4.78, 5) is 11.1. The van der Waals surface area contributed by atoms with Gasteiger partial charge in [-0.1, -0.05) is 13.3 Å². The molecule has 3 heteroatoms. The van der Waals surface area contributed by atoms with E-state index in [4.69, 9.17) is 9.47 Å². The maximum absolute atomic E-state index is 11.1. The summed E-state index contributed by atoms with van der Waals surface area (Å²) >= 11 is 0. The van der Waals surface area contributed by atoms with Crippen molar-refractivity contribution in [2.24, 2.45) is 5.92 Å². The van der Waals surface area contributed by atoms with Crippen molar-refractivity contribution in [1.82, 2.24) is 0 Å². The van der Waals surface area contributed by atoms with Gasteiger partial charge < -0.3 is 9.47 Å². The van der Waals surface area contributed by atoms with Gasteiger partial charge in [0.25, 0.3) is 0 Å². The van der Waals surface area contributed by atoms with Gasteiger partial charge in [-0.05, 0) is 25.8 Å². The Labute approximate surface area is 91.4 Å². The van der Waals surface area contributed by atoms with Crippen LogP contribution in [0.15, 0.2) is 12.3 Å². The van der Waals surface area contributed by atoms with Gasteiger partial charge in [0.15, 0.2) is 0 Å². The minimum atomic E-state index is -0.137. The molecule has 0 heterocycles. The van der Waals surface area contributed by atoms with E-state index < -0.39 is 0 Å². The van der Waals surface area contributed by atoms with Crippen LogP contribution in [0.4, 0.5) is 0 Å². The lowest BCUT2D eigenvalue weighted by molar-refractivity contribution is -0.138. The van der Waals surface area contributed by atoms with Gasteiger partial charge in [-0.15, -0.1) is 0 Å². The first-order valence-electron chi connectivity index (χ1n) is 5.75. The lowest BCUT2D eigenvalue weighted by atomic mass is 10.2. The summed E-state index contributed by atoms with van der Waals surface area (Å²) in [6, 6.07) is 0. The molecule has 0 amide bonds. The number of hydrogen-bond acceptors (Lipinski definition) is 3. The molecule has 86 valence electrons. The van der Waals surface area contributed by atoms with E-state index in [1.54, 1.807) is 0 Å². The van der Waals surface area contributed by atoms with Gasteiger partial charge in [0.2, 0.25) is 0 Å². The largest absolute Gasteiger partial charge is 0.435 e. The summed E-state index contributed by atoms with van der Waals surface area (Å²) in [5, 5.41) is 0. The molecular formula is C12H20O3. The van der Waals surface area contributed by atoms with Crippen molar-refractivity contribution in [3.8, 4) is 0 Å². The highest BCUT2D eigenvalue weighted by Crippen LogP contribution is 2.34. The Morgan fingerprint density at radius 3 is 2.93 bits per heavy atom. The van der Waals surface area contributed by atoms with Crippen LogP contribution < -0.4 is 0 Å². The first-order valence-corrected chi connectivity index (χ1v) is 5.75. The van der Waals surface area contributed by atoms with Crippen LogP contribution in [-0.4, -0.2) is 18.7 Å². The second-order valence-corrected chi connectivity index (χ2v) is 3.82. The van der Waals surface area contributed by atoms with Crippen LogP contribution in [0.5, 0.6) is 0 Å². The Hall–Kier alpha value is -0.830. The van der Waals surface area contributed by atoms with Crippen molar-refractivity contribution in [3.05, 3.63) is 12.3 Å². The number of hydrogen-bond donors (Lipinski definition) is 0. The molecule has 0 N–H and O–H groups in total. The predicted molar refractivity (Wildman–Crippen MR) is 58.3 cm³/mol. The van der Waals surface area contributed by atoms with E-state index in [-0.39, 0.29) is 5.97 Å². The standard InChI is InChI=1S/C12H20O3/c1-3-5-6-12(13)15-8-7-10-9-11(10)14-4-2/h7-8,10-11H,3-6,9H2,1-2H3/b8-7-/t10-,11-/m1/s1. The van der Waals surface area contributed by atoms with E-state index in [2.05, 4.69) is 6.92 Å². The van der Waals surface area contributed by atoms with Crippen LogP contribution in [0.3, 0.4) is 0 Å². The van der Waals surface area contributed by atoms with Crippen LogP contribution in [0.25, 0.3) is 0 Å². The van der Waals surface area contributed by atoms with Crippen molar-refractivity contribution in [2.75, 3.05) is 6.61 Å². The summed E-state index contributed by atoms with van der Waals surface area (Å²) in [6.07, 6.45) is 7.27. The molecule has 0 aromatic rings. The molecule has 1 saturated carbocycles. The number of ether oxygens (including phenoxy) is 2. The summed E-state index contributed by atoms with van der Waals surface area (Å²) in [6.45, 7) is 4.80. The maximum atomic E-state index is 11.1. The molecule has 15 heavy (non-hydrogen) atoms. The molecule has 1 fully saturated rings. The van der Waals surface area contributed by atoms with E-state index in [1.165, 1.54) is 6.26 Å². The number of carbonyl (C=O) groups is 1. The van der Waals surface area contributed by atoms with Crippen molar-refractivity contribution in [2.45, 2.75) is 45.6 Å². The predicted octanol–water partition coefficient (Wildman–Crippen LogP) is 2.66. The van der Waals surface area contributed by atoms with Crippen molar-refractivity contribution >= 4 is 5.97 Å². The smallest absolute Gasteiger partial charge is 0.310 e. The molecule has 0 aromatic carbocycles. The van der Waals surface area contributed by atoms with Crippen molar-refractivity contribution in [3.63, 3.8) is 0 Å². The maximum Gasteiger partial charge on any atom is 0.310 e. The third kappa shape index (κ3) is 4.98. The van der Waals surface area contributed by atoms with Crippen molar-refractivity contribution in [1.29, 1.82) is 0 Å². The molecule has 0 saturated heterocycles. The summed E-state index contributed by atoms with van der Waals surface area (Å²) in [7, 11) is 0. The van der Waals surface area contributed by atoms with Gasteiger partial charge in [-0.3, -0.25) is 4.79 Å². The second-order valence-electron chi connectivity index (χ2n) is 3.82. The minimum Gasteiger partial charge on any atom is -0.435 e. The molecular weight excluding hydrogens is 192 g/mol. The molecule has 1 aliphatic carbocycles. The Balaban J connectivity index is 2.05. The first kappa shape index (κ1) is 12.2. The highest BCUT2D eigenvalue weighted by atomic mass is 16.5. The third-order valence-electron chi connectivity index (χ3n) is 2.42. The van der Waals surface area contributed by atoms with Gasteiger partial charge in [0.1, 0.15) is 0 Å². The molecule has 0 aliphatic heterocycles. The molecule has 0 unspecified atom stereocenters. The van der Waals surface area contributed by atoms with E-state index in [0.717, 1.165) is 25.9 Å². The minimum absolute atomic E-state index is 0.137. The monoisotopic (exact) mass is 212 g/mol. The van der Waals surface area contributed by atoms with Crippen LogP contribution in [-0.2, 0) is 14.3 Å². The van der Waals surface area contributed by atoms with Gasteiger partial charge in [-0.25, -0.2) is 0 Å². The fourth-order valence-corrected chi connectivity index (χ4v) is 1.39. The number of rotatable bonds is 7. The van der Waals surface area contributed by atoms with Gasteiger partial charge in [0, 0.05) is 18.9 Å². The normalized spacial score (nSPS) is 24.4. The third-order valence-corrected chi connectivity index (χ3v) is 2.42. The molecule has 0 radical (unpaired) electrons. The number of carbonyl (C=O) groups excluding carboxylic acids is 1. The molecule has 1 rings (SSSR count). The van der Waals surface area contributed by atoms with Crippen LogP contribution in [0.1, 0.15) is 39.5 Å². The highest BCUT2D eigenvalue weighted by molar-refractivity contribution is 5.69. The zero-order valence-corrected chi connectivity index (χ0v) is 9.57. The molecule has 0 aromatic heterocycles. The Morgan fingerprint density at radius 2 is 2.27 bits per heavy atom. The Morgan fingerprint density at radius 1 is 1.47 bits per heavy atom. The highest BCUT2D eigenvalue weighted by Gasteiger charge is 2.35. The average molecular weight is 212 g/mol. The Kier molecular flexibility index (Phi) is 5.40. The Bertz CT molecular complexity index is 223. The van der Waals surface area contributed by atoms with E-state index in [0.29, 0.717) is 18.4 Å². The van der Waals surface area contributed by atoms with Crippen LogP contribution >= 0.6 is 0 Å². The average Bonchev–Trinajstić information content (AvgIpc) is 2.94. The molecule has 0 spiro atoms. The number of esters is 1. The molecule has 3 nitrogen and oxygen atoms in total. The molecule has 2 atom stereocenters. The molecule has 1 aliphatic rings. The van der Waals surface area contributed by atoms with E-state index in [9.17, 15) is 4.79 Å². The zero-order chi connectivity index (χ0) is 11.1. The SMILES string of the molecule is CCCCC(=O)O/C=C\[C@@H]1C[C@H]1OCC. The van der Waals surface area contributed by atoms with E-state index >= 15 is 0 Å². The second kappa shape index (κ2) is 6.62. The summed E-state index contributed by atoms with van der Waals surface area (Å²) < 4.78 is 10.3. The van der Waals surface area contributed by atoms with Gasteiger partial charge >= 0.3 is 5.97 Å². The van der Waals surface area contributed by atoms with Crippen LogP contribution in [0.2, 0.25) is 0 Å². The van der Waals surface area contributed by atoms with Crippen molar-refractivity contribution < 1.29 is 14.3 Å².